The molecule has 0 fully saturated rings. The zero-order chi connectivity index (χ0) is 12.1. The van der Waals surface area contributed by atoms with Crippen molar-refractivity contribution in [1.29, 1.82) is 5.26 Å². The number of hydrogen-bond donors (Lipinski definition) is 0. The second kappa shape index (κ2) is 5.17. The average Bonchev–Trinajstić information content (AvgIpc) is 2.80. The van der Waals surface area contributed by atoms with Gasteiger partial charge < -0.3 is 9.15 Å². The van der Waals surface area contributed by atoms with E-state index < -0.39 is 0 Å². The maximum absolute atomic E-state index is 8.57. The number of hydrogen-bond acceptors (Lipinski definition) is 4. The van der Waals surface area contributed by atoms with Gasteiger partial charge in [-0.3, -0.25) is 0 Å². The van der Waals surface area contributed by atoms with E-state index >= 15 is 0 Å². The third-order valence-corrected chi connectivity index (χ3v) is 2.26. The minimum Gasteiger partial charge on any atom is -0.464 e. The van der Waals surface area contributed by atoms with Gasteiger partial charge in [0, 0.05) is 5.56 Å². The molecule has 2 rings (SSSR count). The minimum atomic E-state index is 0.413. The van der Waals surface area contributed by atoms with E-state index in [9.17, 15) is 0 Å². The van der Waals surface area contributed by atoms with Crippen molar-refractivity contribution in [3.63, 3.8) is 0 Å². The van der Waals surface area contributed by atoms with Crippen LogP contribution < -0.4 is 4.74 Å². The fourth-order valence-electron chi connectivity index (χ4n) is 1.46. The van der Waals surface area contributed by atoms with Gasteiger partial charge in [-0.05, 0) is 24.6 Å². The first-order chi connectivity index (χ1) is 8.33. The van der Waals surface area contributed by atoms with Gasteiger partial charge in [0.25, 0.3) is 0 Å². The molecule has 1 aromatic heterocycles. The number of oxazole rings is 1. The van der Waals surface area contributed by atoms with Crippen LogP contribution in [-0.4, -0.2) is 11.6 Å². The molecule has 0 unspecified atom stereocenters. The van der Waals surface area contributed by atoms with E-state index in [0.717, 1.165) is 11.1 Å². The van der Waals surface area contributed by atoms with E-state index in [2.05, 4.69) is 11.1 Å². The molecule has 2 aromatic rings. The Morgan fingerprint density at radius 2 is 2.12 bits per heavy atom. The number of benzene rings is 1. The van der Waals surface area contributed by atoms with Crippen LogP contribution in [-0.2, 0) is 6.42 Å². The van der Waals surface area contributed by atoms with Crippen LogP contribution in [0.4, 0.5) is 0 Å². The molecule has 0 saturated carbocycles. The molecule has 0 aliphatic carbocycles. The van der Waals surface area contributed by atoms with E-state index in [1.54, 1.807) is 6.20 Å². The Kier molecular flexibility index (Phi) is 3.41. The van der Waals surface area contributed by atoms with Crippen LogP contribution in [0.2, 0.25) is 0 Å². The summed E-state index contributed by atoms with van der Waals surface area (Å²) >= 11 is 0. The third kappa shape index (κ3) is 2.64. The van der Waals surface area contributed by atoms with Crippen molar-refractivity contribution >= 4 is 0 Å². The second-order valence-electron chi connectivity index (χ2n) is 3.45. The average molecular weight is 228 g/mol. The summed E-state index contributed by atoms with van der Waals surface area (Å²) < 4.78 is 10.6. The zero-order valence-corrected chi connectivity index (χ0v) is 9.51. The molecule has 86 valence electrons. The highest BCUT2D eigenvalue weighted by molar-refractivity contribution is 5.54. The molecule has 0 saturated heterocycles. The van der Waals surface area contributed by atoms with Crippen LogP contribution >= 0.6 is 0 Å². The van der Waals surface area contributed by atoms with Gasteiger partial charge in [0.2, 0.25) is 5.89 Å². The van der Waals surface area contributed by atoms with Crippen LogP contribution in [0.5, 0.6) is 5.95 Å². The molecule has 0 bridgehead atoms. The molecule has 0 atom stereocenters. The summed E-state index contributed by atoms with van der Waals surface area (Å²) in [6.07, 6.45) is 1.97. The largest absolute Gasteiger partial charge is 0.464 e. The number of nitrogens with zero attached hydrogens (tertiary/aromatic N) is 2. The number of aromatic nitrogens is 1. The Morgan fingerprint density at radius 3 is 2.76 bits per heavy atom. The van der Waals surface area contributed by atoms with E-state index in [4.69, 9.17) is 14.4 Å². The van der Waals surface area contributed by atoms with Crippen molar-refractivity contribution in [3.05, 3.63) is 36.0 Å². The molecular formula is C13H12N2O2. The Balaban J connectivity index is 2.18. The molecule has 0 amide bonds. The van der Waals surface area contributed by atoms with Crippen molar-refractivity contribution in [2.75, 3.05) is 6.61 Å². The number of ether oxygens (including phenoxy) is 1. The quantitative estimate of drug-likeness (QED) is 0.807. The Labute approximate surface area is 99.5 Å². The molecule has 0 aliphatic rings. The van der Waals surface area contributed by atoms with Gasteiger partial charge in [-0.2, -0.15) is 5.26 Å². The molecule has 17 heavy (non-hydrogen) atoms. The Hall–Kier alpha value is -2.28. The van der Waals surface area contributed by atoms with Crippen molar-refractivity contribution in [3.8, 4) is 23.5 Å². The zero-order valence-electron chi connectivity index (χ0n) is 9.51. The lowest BCUT2D eigenvalue weighted by molar-refractivity contribution is 0.260. The molecule has 4 heteroatoms. The molecule has 0 spiro atoms. The molecule has 1 heterocycles. The maximum Gasteiger partial charge on any atom is 0.305 e. The SMILES string of the molecule is CCOc1cnc(-c2ccc(CC#N)cc2)o1. The van der Waals surface area contributed by atoms with Crippen molar-refractivity contribution in [2.24, 2.45) is 0 Å². The van der Waals surface area contributed by atoms with Crippen LogP contribution in [0, 0.1) is 11.3 Å². The Morgan fingerprint density at radius 1 is 1.35 bits per heavy atom. The standard InChI is InChI=1S/C13H12N2O2/c1-2-16-12-9-15-13(17-12)11-5-3-10(4-6-11)7-8-14/h3-6,9H,2,7H2,1H3. The normalized spacial score (nSPS) is 9.88. The van der Waals surface area contributed by atoms with Gasteiger partial charge in [-0.1, -0.05) is 12.1 Å². The predicted octanol–water partition coefficient (Wildman–Crippen LogP) is 2.81. The lowest BCUT2D eigenvalue weighted by atomic mass is 10.1. The molecule has 0 radical (unpaired) electrons. The summed E-state index contributed by atoms with van der Waals surface area (Å²) in [6, 6.07) is 9.66. The van der Waals surface area contributed by atoms with Gasteiger partial charge in [0.15, 0.2) is 0 Å². The van der Waals surface area contributed by atoms with Gasteiger partial charge in [0.1, 0.15) is 6.20 Å². The van der Waals surface area contributed by atoms with Gasteiger partial charge >= 0.3 is 5.95 Å². The van der Waals surface area contributed by atoms with E-state index in [1.807, 2.05) is 31.2 Å². The summed E-state index contributed by atoms with van der Waals surface area (Å²) in [5.41, 5.74) is 1.85. The highest BCUT2D eigenvalue weighted by atomic mass is 16.6. The first-order valence-corrected chi connectivity index (χ1v) is 5.38. The molecule has 1 aromatic carbocycles. The van der Waals surface area contributed by atoms with Crippen LogP contribution in [0.3, 0.4) is 0 Å². The highest BCUT2D eigenvalue weighted by Crippen LogP contribution is 2.23. The van der Waals surface area contributed by atoms with E-state index in [1.165, 1.54) is 0 Å². The summed E-state index contributed by atoms with van der Waals surface area (Å²) in [5.74, 6) is 0.945. The minimum absolute atomic E-state index is 0.413. The number of rotatable bonds is 4. The monoisotopic (exact) mass is 228 g/mol. The first kappa shape index (κ1) is 11.2. The van der Waals surface area contributed by atoms with E-state index in [0.29, 0.717) is 24.9 Å². The first-order valence-electron chi connectivity index (χ1n) is 5.38. The van der Waals surface area contributed by atoms with Gasteiger partial charge in [-0.15, -0.1) is 0 Å². The topological polar surface area (TPSA) is 59.0 Å². The second-order valence-corrected chi connectivity index (χ2v) is 3.45. The fourth-order valence-corrected chi connectivity index (χ4v) is 1.46. The highest BCUT2D eigenvalue weighted by Gasteiger charge is 2.06. The van der Waals surface area contributed by atoms with Crippen LogP contribution in [0.15, 0.2) is 34.9 Å². The Bertz CT molecular complexity index is 523. The van der Waals surface area contributed by atoms with Crippen LogP contribution in [0.25, 0.3) is 11.5 Å². The van der Waals surface area contributed by atoms with Gasteiger partial charge in [-0.25, -0.2) is 4.98 Å². The summed E-state index contributed by atoms with van der Waals surface area (Å²) in [7, 11) is 0. The lowest BCUT2D eigenvalue weighted by Gasteiger charge is -1.98. The van der Waals surface area contributed by atoms with Crippen LogP contribution in [0.1, 0.15) is 12.5 Å². The fraction of sp³-hybridized carbons (Fsp3) is 0.231. The van der Waals surface area contributed by atoms with Crippen molar-refractivity contribution in [1.82, 2.24) is 4.98 Å². The summed E-state index contributed by atoms with van der Waals surface area (Å²) in [4.78, 5) is 4.12. The van der Waals surface area contributed by atoms with Gasteiger partial charge in [0.05, 0.1) is 19.1 Å². The predicted molar refractivity (Wildman–Crippen MR) is 62.4 cm³/mol. The van der Waals surface area contributed by atoms with Crippen molar-refractivity contribution < 1.29 is 9.15 Å². The maximum atomic E-state index is 8.57. The third-order valence-electron chi connectivity index (χ3n) is 2.26. The molecule has 0 N–H and O–H groups in total. The molecule has 0 aliphatic heterocycles. The molecular weight excluding hydrogens is 216 g/mol. The molecule has 4 nitrogen and oxygen atoms in total. The van der Waals surface area contributed by atoms with Crippen molar-refractivity contribution in [2.45, 2.75) is 13.3 Å². The summed E-state index contributed by atoms with van der Waals surface area (Å²) in [5, 5.41) is 8.57. The van der Waals surface area contributed by atoms with E-state index in [-0.39, 0.29) is 0 Å². The summed E-state index contributed by atoms with van der Waals surface area (Å²) in [6.45, 7) is 2.44. The lowest BCUT2D eigenvalue weighted by Crippen LogP contribution is -1.88. The smallest absolute Gasteiger partial charge is 0.305 e. The number of nitriles is 1.